The van der Waals surface area contributed by atoms with E-state index < -0.39 is 0 Å². The third-order valence-corrected chi connectivity index (χ3v) is 5.21. The highest BCUT2D eigenvalue weighted by Gasteiger charge is 2.19. The fourth-order valence-electron chi connectivity index (χ4n) is 2.38. The molecular weight excluding hydrogens is 370 g/mol. The summed E-state index contributed by atoms with van der Waals surface area (Å²) in [6, 6.07) is 5.07. The van der Waals surface area contributed by atoms with E-state index in [-0.39, 0.29) is 16.7 Å². The molecule has 0 radical (unpaired) electrons. The van der Waals surface area contributed by atoms with Crippen molar-refractivity contribution in [3.8, 4) is 0 Å². The van der Waals surface area contributed by atoms with Crippen molar-refractivity contribution in [1.29, 1.82) is 0 Å². The molecule has 5 nitrogen and oxygen atoms in total. The molecule has 1 aromatic heterocycles. The van der Waals surface area contributed by atoms with Crippen molar-refractivity contribution in [2.24, 2.45) is 5.92 Å². The number of halogens is 1. The number of thioether (sulfide) groups is 1. The Morgan fingerprint density at radius 2 is 2.15 bits per heavy atom. The molecule has 0 bridgehead atoms. The summed E-state index contributed by atoms with van der Waals surface area (Å²) in [7, 11) is 0. The van der Waals surface area contributed by atoms with Crippen molar-refractivity contribution in [3.63, 3.8) is 0 Å². The Balaban J connectivity index is 2.43. The first-order chi connectivity index (χ1) is 12.3. The van der Waals surface area contributed by atoms with Crippen LogP contribution < -0.4 is 10.9 Å². The molecule has 1 N–H and O–H groups in total. The van der Waals surface area contributed by atoms with Crippen LogP contribution >= 0.6 is 23.4 Å². The maximum atomic E-state index is 12.9. The molecule has 0 fully saturated rings. The molecule has 1 aromatic carbocycles. The van der Waals surface area contributed by atoms with Gasteiger partial charge < -0.3 is 5.32 Å². The Morgan fingerprint density at radius 3 is 2.81 bits per heavy atom. The number of rotatable bonds is 8. The number of hydrogen-bond donors (Lipinski definition) is 1. The molecule has 140 valence electrons. The van der Waals surface area contributed by atoms with Gasteiger partial charge in [-0.3, -0.25) is 14.2 Å². The molecule has 2 aromatic rings. The maximum absolute atomic E-state index is 12.9. The normalized spacial score (nSPS) is 12.3. The third kappa shape index (κ3) is 5.11. The molecule has 0 spiro atoms. The van der Waals surface area contributed by atoms with Gasteiger partial charge in [-0.05, 0) is 37.5 Å². The average Bonchev–Trinajstić information content (AvgIpc) is 2.58. The van der Waals surface area contributed by atoms with Gasteiger partial charge in [-0.1, -0.05) is 43.3 Å². The topological polar surface area (TPSA) is 64.0 Å². The van der Waals surface area contributed by atoms with Crippen LogP contribution in [0.2, 0.25) is 5.02 Å². The summed E-state index contributed by atoms with van der Waals surface area (Å²) in [5.41, 5.74) is 0.443. The molecule has 1 heterocycles. The molecule has 0 aliphatic rings. The smallest absolute Gasteiger partial charge is 0.262 e. The van der Waals surface area contributed by atoms with E-state index in [1.54, 1.807) is 35.8 Å². The van der Waals surface area contributed by atoms with Crippen molar-refractivity contribution in [1.82, 2.24) is 14.9 Å². The largest absolute Gasteiger partial charge is 0.352 e. The van der Waals surface area contributed by atoms with Gasteiger partial charge >= 0.3 is 0 Å². The predicted octanol–water partition coefficient (Wildman–Crippen LogP) is 3.88. The number of fused-ring (bicyclic) bond motifs is 1. The van der Waals surface area contributed by atoms with E-state index in [0.717, 1.165) is 6.42 Å². The lowest BCUT2D eigenvalue weighted by Crippen LogP contribution is -2.32. The molecule has 0 aliphatic heterocycles. The van der Waals surface area contributed by atoms with Crippen LogP contribution in [-0.4, -0.2) is 27.3 Å². The zero-order valence-corrected chi connectivity index (χ0v) is 16.9. The predicted molar refractivity (Wildman–Crippen MR) is 109 cm³/mol. The van der Waals surface area contributed by atoms with Crippen LogP contribution in [0, 0.1) is 5.92 Å². The zero-order chi connectivity index (χ0) is 19.3. The van der Waals surface area contributed by atoms with E-state index >= 15 is 0 Å². The van der Waals surface area contributed by atoms with E-state index in [9.17, 15) is 9.59 Å². The summed E-state index contributed by atoms with van der Waals surface area (Å²) in [4.78, 5) is 29.7. The average molecular weight is 394 g/mol. The van der Waals surface area contributed by atoms with Crippen molar-refractivity contribution in [2.45, 2.75) is 44.1 Å². The van der Waals surface area contributed by atoms with Crippen molar-refractivity contribution in [2.75, 3.05) is 6.54 Å². The minimum absolute atomic E-state index is 0.103. The Morgan fingerprint density at radius 1 is 1.42 bits per heavy atom. The van der Waals surface area contributed by atoms with Gasteiger partial charge in [0.1, 0.15) is 0 Å². The van der Waals surface area contributed by atoms with Crippen molar-refractivity contribution < 1.29 is 4.79 Å². The molecule has 0 saturated carbocycles. The summed E-state index contributed by atoms with van der Waals surface area (Å²) in [5.74, 6) is 0.333. The third-order valence-electron chi connectivity index (χ3n) is 3.88. The molecule has 1 amide bonds. The highest BCUT2D eigenvalue weighted by atomic mass is 35.5. The number of benzene rings is 1. The van der Waals surface area contributed by atoms with Gasteiger partial charge in [0.15, 0.2) is 5.16 Å². The lowest BCUT2D eigenvalue weighted by molar-refractivity contribution is -0.120. The minimum Gasteiger partial charge on any atom is -0.352 e. The van der Waals surface area contributed by atoms with Crippen LogP contribution in [0.25, 0.3) is 10.9 Å². The summed E-state index contributed by atoms with van der Waals surface area (Å²) < 4.78 is 1.66. The molecule has 26 heavy (non-hydrogen) atoms. The van der Waals surface area contributed by atoms with Crippen molar-refractivity contribution in [3.05, 3.63) is 46.2 Å². The van der Waals surface area contributed by atoms with Crippen LogP contribution in [0.3, 0.4) is 0 Å². The van der Waals surface area contributed by atoms with Crippen LogP contribution in [0.15, 0.2) is 40.8 Å². The SMILES string of the molecule is C=CCNC(=O)C(C)Sc1nc2cc(Cl)ccc2c(=O)n1CCC(C)C. The summed E-state index contributed by atoms with van der Waals surface area (Å²) in [5, 5.41) is 3.98. The molecule has 1 unspecified atom stereocenters. The molecular formula is C19H24ClN3O2S. The summed E-state index contributed by atoms with van der Waals surface area (Å²) in [6.07, 6.45) is 2.48. The fourth-order valence-corrected chi connectivity index (χ4v) is 3.50. The molecule has 0 aliphatic carbocycles. The Labute approximate surface area is 162 Å². The number of nitrogens with one attached hydrogen (secondary N) is 1. The maximum Gasteiger partial charge on any atom is 0.262 e. The van der Waals surface area contributed by atoms with E-state index in [1.165, 1.54) is 11.8 Å². The number of carbonyl (C=O) groups is 1. The van der Waals surface area contributed by atoms with Crippen LogP contribution in [-0.2, 0) is 11.3 Å². The fraction of sp³-hybridized carbons (Fsp3) is 0.421. The number of nitrogens with zero attached hydrogens (tertiary/aromatic N) is 2. The standard InChI is InChI=1S/C19H24ClN3O2S/c1-5-9-21-17(24)13(4)26-19-22-16-11-14(20)6-7-15(16)18(25)23(19)10-8-12(2)3/h5-7,11-13H,1,8-10H2,2-4H3,(H,21,24). The minimum atomic E-state index is -0.385. The summed E-state index contributed by atoms with van der Waals surface area (Å²) >= 11 is 7.33. The number of hydrogen-bond acceptors (Lipinski definition) is 4. The highest BCUT2D eigenvalue weighted by Crippen LogP contribution is 2.24. The monoisotopic (exact) mass is 393 g/mol. The van der Waals surface area contributed by atoms with Gasteiger partial charge in [0.2, 0.25) is 5.91 Å². The van der Waals surface area contributed by atoms with Crippen LogP contribution in [0.4, 0.5) is 0 Å². The summed E-state index contributed by atoms with van der Waals surface area (Å²) in [6.45, 7) is 10.6. The van der Waals surface area contributed by atoms with Crippen molar-refractivity contribution >= 4 is 40.2 Å². The van der Waals surface area contributed by atoms with E-state index in [0.29, 0.717) is 40.1 Å². The number of amides is 1. The second kappa shape index (κ2) is 9.24. The lowest BCUT2D eigenvalue weighted by Gasteiger charge is -2.17. The molecule has 1 atom stereocenters. The number of carbonyl (C=O) groups excluding carboxylic acids is 1. The highest BCUT2D eigenvalue weighted by molar-refractivity contribution is 8.00. The first kappa shape index (κ1) is 20.5. The Bertz CT molecular complexity index is 864. The number of aromatic nitrogens is 2. The van der Waals surface area contributed by atoms with Gasteiger partial charge in [-0.15, -0.1) is 6.58 Å². The van der Waals surface area contributed by atoms with Crippen LogP contribution in [0.5, 0.6) is 0 Å². The van der Waals surface area contributed by atoms with Gasteiger partial charge in [-0.2, -0.15) is 0 Å². The quantitative estimate of drug-likeness (QED) is 0.420. The Hall–Kier alpha value is -1.79. The van der Waals surface area contributed by atoms with Crippen LogP contribution in [0.1, 0.15) is 27.2 Å². The van der Waals surface area contributed by atoms with Gasteiger partial charge in [0, 0.05) is 18.1 Å². The second-order valence-corrected chi connectivity index (χ2v) is 8.23. The molecule has 2 rings (SSSR count). The van der Waals surface area contributed by atoms with Gasteiger partial charge in [0.05, 0.1) is 16.2 Å². The van der Waals surface area contributed by atoms with E-state index in [1.807, 2.05) is 0 Å². The molecule has 0 saturated heterocycles. The van der Waals surface area contributed by atoms with E-state index in [4.69, 9.17) is 11.6 Å². The van der Waals surface area contributed by atoms with E-state index in [2.05, 4.69) is 30.7 Å². The second-order valence-electron chi connectivity index (χ2n) is 6.49. The first-order valence-corrected chi connectivity index (χ1v) is 9.84. The van der Waals surface area contributed by atoms with Gasteiger partial charge in [0.25, 0.3) is 5.56 Å². The lowest BCUT2D eigenvalue weighted by atomic mass is 10.1. The zero-order valence-electron chi connectivity index (χ0n) is 15.3. The van der Waals surface area contributed by atoms with Gasteiger partial charge in [-0.25, -0.2) is 4.98 Å². The Kier molecular flexibility index (Phi) is 7.29. The first-order valence-electron chi connectivity index (χ1n) is 8.58. The molecule has 7 heteroatoms.